The van der Waals surface area contributed by atoms with Crippen LogP contribution in [0.15, 0.2) is 39.7 Å². The summed E-state index contributed by atoms with van der Waals surface area (Å²) in [6.07, 6.45) is 1.20. The smallest absolute Gasteiger partial charge is 0.194 e. The first-order valence-electron chi connectivity index (χ1n) is 8.61. The molecule has 0 spiro atoms. The molecule has 0 aliphatic rings. The lowest BCUT2D eigenvalue weighted by atomic mass is 10.2. The number of sulfone groups is 1. The fourth-order valence-corrected chi connectivity index (χ4v) is 2.84. The summed E-state index contributed by atoms with van der Waals surface area (Å²) in [6, 6.07) is 9.94. The van der Waals surface area contributed by atoms with Gasteiger partial charge < -0.3 is 19.4 Å². The number of nitrogens with one attached hydrogen (secondary N) is 1. The van der Waals surface area contributed by atoms with Crippen LogP contribution in [0, 0.1) is 0 Å². The van der Waals surface area contributed by atoms with Crippen LogP contribution in [0.5, 0.6) is 0 Å². The maximum atomic E-state index is 11.1. The highest BCUT2D eigenvalue weighted by molar-refractivity contribution is 14.0. The highest BCUT2D eigenvalue weighted by atomic mass is 127. The van der Waals surface area contributed by atoms with Crippen molar-refractivity contribution in [1.82, 2.24) is 10.2 Å². The molecule has 2 rings (SSSR count). The fourth-order valence-electron chi connectivity index (χ4n) is 2.42. The van der Waals surface area contributed by atoms with E-state index in [1.165, 1.54) is 6.26 Å². The van der Waals surface area contributed by atoms with Crippen LogP contribution in [0.25, 0.3) is 11.0 Å². The zero-order chi connectivity index (χ0) is 19.0. The van der Waals surface area contributed by atoms with E-state index in [1.807, 2.05) is 49.2 Å². The predicted octanol–water partition coefficient (Wildman–Crippen LogP) is 2.51. The van der Waals surface area contributed by atoms with E-state index < -0.39 is 9.84 Å². The molecule has 0 aliphatic heterocycles. The van der Waals surface area contributed by atoms with Crippen molar-refractivity contribution < 1.29 is 17.6 Å². The number of fused-ring (bicyclic) bond motifs is 1. The molecule has 0 amide bonds. The third-order valence-electron chi connectivity index (χ3n) is 3.66. The number of aliphatic imine (C=N–C) groups is 1. The Morgan fingerprint density at radius 2 is 2.04 bits per heavy atom. The average Bonchev–Trinajstić information content (AvgIpc) is 2.98. The summed E-state index contributed by atoms with van der Waals surface area (Å²) in [6.45, 7) is 4.38. The summed E-state index contributed by atoms with van der Waals surface area (Å²) in [4.78, 5) is 6.50. The van der Waals surface area contributed by atoms with Gasteiger partial charge in [0.15, 0.2) is 5.96 Å². The molecule has 27 heavy (non-hydrogen) atoms. The molecule has 0 radical (unpaired) electrons. The zero-order valence-electron chi connectivity index (χ0n) is 16.0. The molecule has 1 heterocycles. The summed E-state index contributed by atoms with van der Waals surface area (Å²) in [5, 5.41) is 4.32. The molecule has 2 aromatic rings. The normalized spacial score (nSPS) is 12.0. The van der Waals surface area contributed by atoms with Gasteiger partial charge >= 0.3 is 0 Å². The minimum absolute atomic E-state index is 0. The van der Waals surface area contributed by atoms with Crippen molar-refractivity contribution in [1.29, 1.82) is 0 Å². The Hall–Kier alpha value is -1.33. The van der Waals surface area contributed by atoms with E-state index in [2.05, 4.69) is 10.3 Å². The van der Waals surface area contributed by atoms with Crippen molar-refractivity contribution in [2.24, 2.45) is 4.99 Å². The molecule has 152 valence electrons. The van der Waals surface area contributed by atoms with E-state index in [0.717, 1.165) is 29.2 Å². The molecule has 0 fully saturated rings. The monoisotopic (exact) mass is 509 g/mol. The Kier molecular flexibility index (Phi) is 10.1. The van der Waals surface area contributed by atoms with Crippen molar-refractivity contribution in [2.75, 3.05) is 45.4 Å². The van der Waals surface area contributed by atoms with E-state index in [4.69, 9.17) is 9.15 Å². The first-order chi connectivity index (χ1) is 12.4. The molecule has 1 aromatic carbocycles. The summed E-state index contributed by atoms with van der Waals surface area (Å²) in [5.74, 6) is 1.64. The summed E-state index contributed by atoms with van der Waals surface area (Å²) in [5.41, 5.74) is 0.872. The van der Waals surface area contributed by atoms with Crippen molar-refractivity contribution in [2.45, 2.75) is 13.5 Å². The minimum atomic E-state index is -2.99. The second kappa shape index (κ2) is 11.5. The summed E-state index contributed by atoms with van der Waals surface area (Å²) in [7, 11) is -1.04. The van der Waals surface area contributed by atoms with E-state index >= 15 is 0 Å². The van der Waals surface area contributed by atoms with Crippen LogP contribution in [0.2, 0.25) is 0 Å². The molecule has 0 atom stereocenters. The first kappa shape index (κ1) is 23.7. The quantitative estimate of drug-likeness (QED) is 0.242. The number of para-hydroxylation sites is 1. The average molecular weight is 509 g/mol. The standard InChI is InChI=1S/C18H27N3O4S.HI/c1-4-19-18(20-9-10-24-11-12-26(3,22)23)21(2)14-16-13-15-7-5-6-8-17(15)25-16;/h5-8,13H,4,9-12,14H2,1-3H3,(H,19,20);1H. The van der Waals surface area contributed by atoms with Gasteiger partial charge in [0.2, 0.25) is 0 Å². The highest BCUT2D eigenvalue weighted by Gasteiger charge is 2.10. The number of halogens is 1. The Labute approximate surface area is 178 Å². The molecule has 0 aliphatic carbocycles. The molecule has 0 bridgehead atoms. The first-order valence-corrected chi connectivity index (χ1v) is 10.7. The van der Waals surface area contributed by atoms with E-state index in [0.29, 0.717) is 19.7 Å². The second-order valence-corrected chi connectivity index (χ2v) is 8.34. The third-order valence-corrected chi connectivity index (χ3v) is 4.57. The lowest BCUT2D eigenvalue weighted by Gasteiger charge is -2.21. The Morgan fingerprint density at radius 3 is 2.70 bits per heavy atom. The van der Waals surface area contributed by atoms with Crippen LogP contribution >= 0.6 is 24.0 Å². The number of hydrogen-bond donors (Lipinski definition) is 1. The number of guanidine groups is 1. The van der Waals surface area contributed by atoms with Crippen LogP contribution in [0.4, 0.5) is 0 Å². The lowest BCUT2D eigenvalue weighted by molar-refractivity contribution is 0.157. The van der Waals surface area contributed by atoms with Crippen LogP contribution in [0.1, 0.15) is 12.7 Å². The Balaban J connectivity index is 0.00000364. The van der Waals surface area contributed by atoms with Gasteiger partial charge in [0, 0.05) is 25.2 Å². The van der Waals surface area contributed by atoms with E-state index in [-0.39, 0.29) is 36.3 Å². The molecule has 9 heteroatoms. The van der Waals surface area contributed by atoms with Gasteiger partial charge in [-0.05, 0) is 19.1 Å². The molecule has 1 aromatic heterocycles. The molecule has 0 unspecified atom stereocenters. The number of rotatable bonds is 9. The topological polar surface area (TPSA) is 84.1 Å². The highest BCUT2D eigenvalue weighted by Crippen LogP contribution is 2.19. The number of ether oxygens (including phenoxy) is 1. The van der Waals surface area contributed by atoms with E-state index in [1.54, 1.807) is 0 Å². The second-order valence-electron chi connectivity index (χ2n) is 6.08. The largest absolute Gasteiger partial charge is 0.459 e. The molecular weight excluding hydrogens is 481 g/mol. The molecule has 0 saturated heterocycles. The minimum Gasteiger partial charge on any atom is -0.459 e. The maximum absolute atomic E-state index is 11.1. The van der Waals surface area contributed by atoms with Crippen molar-refractivity contribution in [3.8, 4) is 0 Å². The van der Waals surface area contributed by atoms with Crippen molar-refractivity contribution >= 4 is 50.7 Å². The van der Waals surface area contributed by atoms with E-state index in [9.17, 15) is 8.42 Å². The number of hydrogen-bond acceptors (Lipinski definition) is 5. The fraction of sp³-hybridized carbons (Fsp3) is 0.500. The van der Waals surface area contributed by atoms with Gasteiger partial charge in [-0.2, -0.15) is 0 Å². The zero-order valence-corrected chi connectivity index (χ0v) is 19.1. The lowest BCUT2D eigenvalue weighted by Crippen LogP contribution is -2.38. The van der Waals surface area contributed by atoms with Crippen LogP contribution < -0.4 is 5.32 Å². The molecule has 0 saturated carbocycles. The van der Waals surface area contributed by atoms with Gasteiger partial charge in [-0.15, -0.1) is 24.0 Å². The summed E-state index contributed by atoms with van der Waals surface area (Å²) < 4.78 is 33.3. The number of benzene rings is 1. The SMILES string of the molecule is CCNC(=NCCOCCS(C)(=O)=O)N(C)Cc1cc2ccccc2o1.I. The maximum Gasteiger partial charge on any atom is 0.194 e. The van der Waals surface area contributed by atoms with Crippen molar-refractivity contribution in [3.63, 3.8) is 0 Å². The van der Waals surface area contributed by atoms with Gasteiger partial charge in [-0.1, -0.05) is 18.2 Å². The molecular formula is C18H28IN3O4S. The van der Waals surface area contributed by atoms with Gasteiger partial charge in [-0.25, -0.2) is 8.42 Å². The van der Waals surface area contributed by atoms with Gasteiger partial charge in [0.1, 0.15) is 21.2 Å². The van der Waals surface area contributed by atoms with Gasteiger partial charge in [0.05, 0.1) is 32.1 Å². The van der Waals surface area contributed by atoms with Gasteiger partial charge in [-0.3, -0.25) is 4.99 Å². The van der Waals surface area contributed by atoms with Crippen LogP contribution in [-0.2, 0) is 21.1 Å². The number of nitrogens with zero attached hydrogens (tertiary/aromatic N) is 2. The Morgan fingerprint density at radius 1 is 1.30 bits per heavy atom. The number of furan rings is 1. The van der Waals surface area contributed by atoms with Gasteiger partial charge in [0.25, 0.3) is 0 Å². The summed E-state index contributed by atoms with van der Waals surface area (Å²) >= 11 is 0. The van der Waals surface area contributed by atoms with Crippen molar-refractivity contribution in [3.05, 3.63) is 36.1 Å². The predicted molar refractivity (Wildman–Crippen MR) is 120 cm³/mol. The van der Waals surface area contributed by atoms with Crippen LogP contribution in [0.3, 0.4) is 0 Å². The third kappa shape index (κ3) is 8.48. The van der Waals surface area contributed by atoms with Crippen LogP contribution in [-0.4, -0.2) is 64.6 Å². The Bertz CT molecular complexity index is 803. The molecule has 1 N–H and O–H groups in total. The molecule has 7 nitrogen and oxygen atoms in total.